The monoisotopic (exact) mass is 182 g/mol. The number of carbonyl (C=O) groups excluding carboxylic acids is 1. The molecule has 0 unspecified atom stereocenters. The molecule has 13 heavy (non-hydrogen) atoms. The Morgan fingerprint density at radius 1 is 1.77 bits per heavy atom. The van der Waals surface area contributed by atoms with Crippen molar-refractivity contribution in [2.75, 3.05) is 6.54 Å². The van der Waals surface area contributed by atoms with Crippen molar-refractivity contribution in [1.29, 1.82) is 5.26 Å². The fourth-order valence-corrected chi connectivity index (χ4v) is 1.33. The molecule has 0 aromatic rings. The normalized spacial score (nSPS) is 21.0. The summed E-state index contributed by atoms with van der Waals surface area (Å²) in [6.45, 7) is 1.82. The summed E-state index contributed by atoms with van der Waals surface area (Å²) in [6.07, 6.45) is 1.68. The van der Waals surface area contributed by atoms with Crippen LogP contribution in [0.2, 0.25) is 0 Å². The number of nitriles is 1. The van der Waals surface area contributed by atoms with Crippen LogP contribution in [0.5, 0.6) is 0 Å². The van der Waals surface area contributed by atoms with Crippen molar-refractivity contribution >= 4 is 5.91 Å². The Balaban J connectivity index is 2.43. The largest absolute Gasteiger partial charge is 0.392 e. The van der Waals surface area contributed by atoms with Crippen LogP contribution in [0.1, 0.15) is 26.2 Å². The van der Waals surface area contributed by atoms with E-state index in [2.05, 4.69) is 5.32 Å². The molecule has 1 saturated carbocycles. The summed E-state index contributed by atoms with van der Waals surface area (Å²) in [5.41, 5.74) is -0.797. The van der Waals surface area contributed by atoms with Gasteiger partial charge in [0.25, 0.3) is 0 Å². The van der Waals surface area contributed by atoms with Gasteiger partial charge in [0, 0.05) is 6.54 Å². The summed E-state index contributed by atoms with van der Waals surface area (Å²) in [7, 11) is 0. The molecule has 1 amide bonds. The van der Waals surface area contributed by atoms with E-state index in [0.717, 1.165) is 6.42 Å². The van der Waals surface area contributed by atoms with Gasteiger partial charge in [-0.3, -0.25) is 4.79 Å². The number of hydrogen-bond donors (Lipinski definition) is 2. The van der Waals surface area contributed by atoms with Crippen molar-refractivity contribution < 1.29 is 9.90 Å². The van der Waals surface area contributed by atoms with E-state index in [1.807, 2.05) is 6.07 Å². The van der Waals surface area contributed by atoms with E-state index in [9.17, 15) is 4.79 Å². The maximum Gasteiger partial charge on any atom is 0.240 e. The Kier molecular flexibility index (Phi) is 2.89. The molecule has 1 rings (SSSR count). The van der Waals surface area contributed by atoms with Crippen molar-refractivity contribution in [3.05, 3.63) is 0 Å². The first-order valence-electron chi connectivity index (χ1n) is 4.48. The third-order valence-electron chi connectivity index (χ3n) is 2.41. The van der Waals surface area contributed by atoms with Crippen molar-refractivity contribution in [2.45, 2.75) is 32.3 Å². The molecule has 0 saturated heterocycles. The Morgan fingerprint density at radius 3 is 2.69 bits per heavy atom. The second-order valence-electron chi connectivity index (χ2n) is 3.61. The number of hydrogen-bond acceptors (Lipinski definition) is 3. The molecule has 72 valence electrons. The molecular formula is C9H14N2O2. The van der Waals surface area contributed by atoms with Crippen LogP contribution in [-0.2, 0) is 4.79 Å². The standard InChI is InChI=1S/C9H14N2O2/c1-7(12)5-11-8(13)9(6-10)3-2-4-9/h7,12H,2-5H2,1H3,(H,11,13)/t7-/m1/s1. The van der Waals surface area contributed by atoms with Crippen LogP contribution in [0.25, 0.3) is 0 Å². The van der Waals surface area contributed by atoms with Gasteiger partial charge in [-0.25, -0.2) is 0 Å². The first-order valence-corrected chi connectivity index (χ1v) is 4.48. The minimum atomic E-state index is -0.797. The topological polar surface area (TPSA) is 73.1 Å². The van der Waals surface area contributed by atoms with Crippen LogP contribution in [-0.4, -0.2) is 23.7 Å². The van der Waals surface area contributed by atoms with E-state index < -0.39 is 11.5 Å². The molecule has 0 radical (unpaired) electrons. The van der Waals surface area contributed by atoms with E-state index in [1.165, 1.54) is 0 Å². The zero-order valence-electron chi connectivity index (χ0n) is 7.71. The van der Waals surface area contributed by atoms with Gasteiger partial charge in [-0.05, 0) is 26.2 Å². The Hall–Kier alpha value is -1.08. The highest BCUT2D eigenvalue weighted by atomic mass is 16.3. The number of carbonyl (C=O) groups is 1. The highest BCUT2D eigenvalue weighted by molar-refractivity contribution is 5.86. The molecule has 1 aliphatic carbocycles. The van der Waals surface area contributed by atoms with Gasteiger partial charge in [0.15, 0.2) is 0 Å². The number of nitrogens with one attached hydrogen (secondary N) is 1. The van der Waals surface area contributed by atoms with Gasteiger partial charge in [0.05, 0.1) is 12.2 Å². The highest BCUT2D eigenvalue weighted by Crippen LogP contribution is 2.40. The summed E-state index contributed by atoms with van der Waals surface area (Å²) in [6, 6.07) is 2.04. The zero-order chi connectivity index (χ0) is 9.90. The number of rotatable bonds is 3. The summed E-state index contributed by atoms with van der Waals surface area (Å²) in [5, 5.41) is 20.3. The van der Waals surface area contributed by atoms with Crippen LogP contribution in [0.15, 0.2) is 0 Å². The minimum absolute atomic E-state index is 0.224. The Morgan fingerprint density at radius 2 is 2.38 bits per heavy atom. The molecule has 1 atom stereocenters. The second kappa shape index (κ2) is 3.75. The first kappa shape index (κ1) is 10.0. The molecule has 0 heterocycles. The van der Waals surface area contributed by atoms with Gasteiger partial charge < -0.3 is 10.4 Å². The molecule has 4 nitrogen and oxygen atoms in total. The number of amides is 1. The third-order valence-corrected chi connectivity index (χ3v) is 2.41. The minimum Gasteiger partial charge on any atom is -0.392 e. The number of aliphatic hydroxyl groups is 1. The summed E-state index contributed by atoms with van der Waals surface area (Å²) in [5.74, 6) is -0.234. The smallest absolute Gasteiger partial charge is 0.240 e. The summed E-state index contributed by atoms with van der Waals surface area (Å²) < 4.78 is 0. The third kappa shape index (κ3) is 1.99. The van der Waals surface area contributed by atoms with Crippen LogP contribution >= 0.6 is 0 Å². The maximum atomic E-state index is 11.4. The van der Waals surface area contributed by atoms with Gasteiger partial charge in [0.2, 0.25) is 5.91 Å². The zero-order valence-corrected chi connectivity index (χ0v) is 7.71. The van der Waals surface area contributed by atoms with Crippen molar-refractivity contribution in [3.63, 3.8) is 0 Å². The molecule has 1 fully saturated rings. The number of aliphatic hydroxyl groups excluding tert-OH is 1. The maximum absolute atomic E-state index is 11.4. The van der Waals surface area contributed by atoms with Gasteiger partial charge in [-0.2, -0.15) is 5.26 Å². The van der Waals surface area contributed by atoms with E-state index in [4.69, 9.17) is 10.4 Å². The predicted molar refractivity (Wildman–Crippen MR) is 46.6 cm³/mol. The SMILES string of the molecule is C[C@@H](O)CNC(=O)C1(C#N)CCC1. The van der Waals surface area contributed by atoms with E-state index in [-0.39, 0.29) is 12.5 Å². The van der Waals surface area contributed by atoms with Gasteiger partial charge in [0.1, 0.15) is 5.41 Å². The molecule has 0 spiro atoms. The molecule has 4 heteroatoms. The summed E-state index contributed by atoms with van der Waals surface area (Å²) >= 11 is 0. The van der Waals surface area contributed by atoms with Crippen LogP contribution in [0, 0.1) is 16.7 Å². The van der Waals surface area contributed by atoms with E-state index in [0.29, 0.717) is 12.8 Å². The molecular weight excluding hydrogens is 168 g/mol. The summed E-state index contributed by atoms with van der Waals surface area (Å²) in [4.78, 5) is 11.4. The predicted octanol–water partition coefficient (Wildman–Crippen LogP) is 0.177. The molecule has 0 aromatic carbocycles. The van der Waals surface area contributed by atoms with Crippen molar-refractivity contribution in [3.8, 4) is 6.07 Å². The van der Waals surface area contributed by atoms with Gasteiger partial charge in [-0.1, -0.05) is 0 Å². The van der Waals surface area contributed by atoms with Gasteiger partial charge in [-0.15, -0.1) is 0 Å². The molecule has 1 aliphatic rings. The lowest BCUT2D eigenvalue weighted by atomic mass is 9.69. The average Bonchev–Trinajstić information content (AvgIpc) is 2.00. The van der Waals surface area contributed by atoms with Crippen LogP contribution in [0.4, 0.5) is 0 Å². The molecule has 0 aromatic heterocycles. The fourth-order valence-electron chi connectivity index (χ4n) is 1.33. The Bertz CT molecular complexity index is 238. The van der Waals surface area contributed by atoms with E-state index >= 15 is 0 Å². The lowest BCUT2D eigenvalue weighted by Crippen LogP contribution is -2.46. The van der Waals surface area contributed by atoms with E-state index in [1.54, 1.807) is 6.92 Å². The fraction of sp³-hybridized carbons (Fsp3) is 0.778. The molecule has 0 bridgehead atoms. The quantitative estimate of drug-likeness (QED) is 0.653. The second-order valence-corrected chi connectivity index (χ2v) is 3.61. The highest BCUT2D eigenvalue weighted by Gasteiger charge is 2.44. The average molecular weight is 182 g/mol. The number of nitrogens with zero attached hydrogens (tertiary/aromatic N) is 1. The van der Waals surface area contributed by atoms with Crippen LogP contribution in [0.3, 0.4) is 0 Å². The first-order chi connectivity index (χ1) is 6.10. The lowest BCUT2D eigenvalue weighted by molar-refractivity contribution is -0.132. The lowest BCUT2D eigenvalue weighted by Gasteiger charge is -2.33. The van der Waals surface area contributed by atoms with Crippen molar-refractivity contribution in [2.24, 2.45) is 5.41 Å². The molecule has 0 aliphatic heterocycles. The van der Waals surface area contributed by atoms with Crippen LogP contribution < -0.4 is 5.32 Å². The Labute approximate surface area is 77.6 Å². The molecule has 2 N–H and O–H groups in total. The van der Waals surface area contributed by atoms with Gasteiger partial charge >= 0.3 is 0 Å². The van der Waals surface area contributed by atoms with Crippen molar-refractivity contribution in [1.82, 2.24) is 5.32 Å².